The molecule has 0 bridgehead atoms. The molecule has 1 N–H and O–H groups in total. The van der Waals surface area contributed by atoms with Gasteiger partial charge in [0.15, 0.2) is 0 Å². The normalized spacial score (nSPS) is 15.0. The Kier molecular flexibility index (Phi) is 5.75. The van der Waals surface area contributed by atoms with Crippen LogP contribution in [0, 0.1) is 0 Å². The van der Waals surface area contributed by atoms with E-state index in [2.05, 4.69) is 5.32 Å². The first-order chi connectivity index (χ1) is 16.5. The van der Waals surface area contributed by atoms with E-state index in [9.17, 15) is 9.59 Å². The highest BCUT2D eigenvalue weighted by molar-refractivity contribution is 6.30. The van der Waals surface area contributed by atoms with Crippen LogP contribution in [0.4, 0.5) is 0 Å². The SMILES string of the molecule is COc1ccc(C2c3c(n(C)c4ccccc34)C(=O)N2CC(=O)NCc2cccc(Cl)c2)cc1. The van der Waals surface area contributed by atoms with Gasteiger partial charge in [-0.25, -0.2) is 0 Å². The Hall–Kier alpha value is -3.77. The summed E-state index contributed by atoms with van der Waals surface area (Å²) in [6.07, 6.45) is 0. The number of benzene rings is 3. The number of nitrogens with one attached hydrogen (secondary N) is 1. The van der Waals surface area contributed by atoms with Gasteiger partial charge in [0.25, 0.3) is 5.91 Å². The van der Waals surface area contributed by atoms with Crippen molar-refractivity contribution in [3.63, 3.8) is 0 Å². The van der Waals surface area contributed by atoms with Gasteiger partial charge in [-0.3, -0.25) is 9.59 Å². The van der Waals surface area contributed by atoms with Gasteiger partial charge in [0.05, 0.1) is 13.2 Å². The quantitative estimate of drug-likeness (QED) is 0.441. The largest absolute Gasteiger partial charge is 0.497 e. The summed E-state index contributed by atoms with van der Waals surface area (Å²) in [5, 5.41) is 4.54. The summed E-state index contributed by atoms with van der Waals surface area (Å²) in [6, 6.07) is 22.6. The Morgan fingerprint density at radius 3 is 2.56 bits per heavy atom. The van der Waals surface area contributed by atoms with E-state index < -0.39 is 0 Å². The first kappa shape index (κ1) is 22.0. The van der Waals surface area contributed by atoms with Crippen molar-refractivity contribution < 1.29 is 14.3 Å². The van der Waals surface area contributed by atoms with Gasteiger partial charge in [-0.1, -0.05) is 54.1 Å². The zero-order valence-electron chi connectivity index (χ0n) is 18.9. The number of hydrogen-bond acceptors (Lipinski definition) is 3. The second-order valence-corrected chi connectivity index (χ2v) is 8.79. The second kappa shape index (κ2) is 8.88. The number of aromatic nitrogens is 1. The summed E-state index contributed by atoms with van der Waals surface area (Å²) in [6.45, 7) is 0.281. The Labute approximate surface area is 202 Å². The van der Waals surface area contributed by atoms with Gasteiger partial charge < -0.3 is 19.5 Å². The number of rotatable bonds is 6. The van der Waals surface area contributed by atoms with Crippen LogP contribution in [0.1, 0.15) is 33.2 Å². The molecule has 34 heavy (non-hydrogen) atoms. The Balaban J connectivity index is 1.49. The van der Waals surface area contributed by atoms with Gasteiger partial charge >= 0.3 is 0 Å². The maximum atomic E-state index is 13.6. The molecule has 0 saturated carbocycles. The lowest BCUT2D eigenvalue weighted by molar-refractivity contribution is -0.122. The monoisotopic (exact) mass is 473 g/mol. The van der Waals surface area contributed by atoms with Crippen LogP contribution in [0.15, 0.2) is 72.8 Å². The van der Waals surface area contributed by atoms with Crippen LogP contribution in [0.5, 0.6) is 5.75 Å². The van der Waals surface area contributed by atoms with E-state index in [0.29, 0.717) is 17.3 Å². The van der Waals surface area contributed by atoms with Crippen LogP contribution in [0.3, 0.4) is 0 Å². The van der Waals surface area contributed by atoms with Crippen LogP contribution in [-0.4, -0.2) is 34.9 Å². The molecule has 6 nitrogen and oxygen atoms in total. The summed E-state index contributed by atoms with van der Waals surface area (Å²) in [4.78, 5) is 28.2. The smallest absolute Gasteiger partial charge is 0.272 e. The highest BCUT2D eigenvalue weighted by Gasteiger charge is 2.42. The highest BCUT2D eigenvalue weighted by Crippen LogP contribution is 2.43. The predicted octanol–water partition coefficient (Wildman–Crippen LogP) is 4.70. The van der Waals surface area contributed by atoms with Gasteiger partial charge in [0.2, 0.25) is 5.91 Å². The molecular weight excluding hydrogens is 450 g/mol. The number of hydrogen-bond donors (Lipinski definition) is 1. The third-order valence-electron chi connectivity index (χ3n) is 6.32. The molecule has 1 aromatic heterocycles. The Bertz CT molecular complexity index is 1390. The molecule has 0 spiro atoms. The summed E-state index contributed by atoms with van der Waals surface area (Å²) in [7, 11) is 3.51. The van der Waals surface area contributed by atoms with Crippen LogP contribution in [0.25, 0.3) is 10.9 Å². The zero-order valence-corrected chi connectivity index (χ0v) is 19.7. The van der Waals surface area contributed by atoms with Gasteiger partial charge in [0.1, 0.15) is 18.0 Å². The fourth-order valence-electron chi connectivity index (χ4n) is 4.72. The molecule has 1 atom stereocenters. The van der Waals surface area contributed by atoms with E-state index in [1.807, 2.05) is 78.3 Å². The van der Waals surface area contributed by atoms with E-state index in [1.165, 1.54) is 0 Å². The first-order valence-electron chi connectivity index (χ1n) is 11.0. The van der Waals surface area contributed by atoms with Gasteiger partial charge in [-0.05, 0) is 41.5 Å². The lowest BCUT2D eigenvalue weighted by Gasteiger charge is -2.26. The minimum atomic E-state index is -0.378. The summed E-state index contributed by atoms with van der Waals surface area (Å²) in [5.41, 5.74) is 4.35. The average molecular weight is 474 g/mol. The maximum Gasteiger partial charge on any atom is 0.272 e. The second-order valence-electron chi connectivity index (χ2n) is 8.35. The molecule has 0 aliphatic carbocycles. The number of halogens is 1. The number of fused-ring (bicyclic) bond motifs is 3. The van der Waals surface area contributed by atoms with Crippen LogP contribution >= 0.6 is 11.6 Å². The molecule has 1 unspecified atom stereocenters. The van der Waals surface area contributed by atoms with Crippen molar-refractivity contribution in [2.75, 3.05) is 13.7 Å². The van der Waals surface area contributed by atoms with Gasteiger partial charge in [-0.2, -0.15) is 0 Å². The number of carbonyl (C=O) groups is 2. The van der Waals surface area contributed by atoms with E-state index in [4.69, 9.17) is 16.3 Å². The van der Waals surface area contributed by atoms with Gasteiger partial charge in [0, 0.05) is 35.1 Å². The van der Waals surface area contributed by atoms with Crippen molar-refractivity contribution >= 4 is 34.3 Å². The highest BCUT2D eigenvalue weighted by atomic mass is 35.5. The van der Waals surface area contributed by atoms with Crippen molar-refractivity contribution in [2.24, 2.45) is 7.05 Å². The number of nitrogens with zero attached hydrogens (tertiary/aromatic N) is 2. The standard InChI is InChI=1S/C27H24ClN3O3/c1-30-22-9-4-3-8-21(22)24-25(18-10-12-20(34-2)13-11-18)31(27(33)26(24)30)16-23(32)29-15-17-6-5-7-19(28)14-17/h3-14,25H,15-16H2,1-2H3,(H,29,32). The molecule has 2 heterocycles. The third-order valence-corrected chi connectivity index (χ3v) is 6.55. The van der Waals surface area contributed by atoms with Crippen molar-refractivity contribution in [1.82, 2.24) is 14.8 Å². The van der Waals surface area contributed by atoms with Crippen molar-refractivity contribution in [3.8, 4) is 5.75 Å². The molecule has 4 aromatic rings. The van der Waals surface area contributed by atoms with Crippen molar-refractivity contribution in [2.45, 2.75) is 12.6 Å². The summed E-state index contributed by atoms with van der Waals surface area (Å²) < 4.78 is 7.24. The van der Waals surface area contributed by atoms with Crippen LogP contribution in [-0.2, 0) is 18.4 Å². The molecule has 0 saturated heterocycles. The number of methoxy groups -OCH3 is 1. The van der Waals surface area contributed by atoms with E-state index in [-0.39, 0.29) is 24.4 Å². The van der Waals surface area contributed by atoms with Crippen LogP contribution in [0.2, 0.25) is 5.02 Å². The third kappa shape index (κ3) is 3.80. The fraction of sp³-hybridized carbons (Fsp3) is 0.185. The molecule has 7 heteroatoms. The average Bonchev–Trinajstić information content (AvgIpc) is 3.30. The molecule has 172 valence electrons. The lowest BCUT2D eigenvalue weighted by Crippen LogP contribution is -2.39. The number of aryl methyl sites for hydroxylation is 1. The molecule has 2 amide bonds. The lowest BCUT2D eigenvalue weighted by atomic mass is 9.98. The maximum absolute atomic E-state index is 13.6. The van der Waals surface area contributed by atoms with E-state index in [1.54, 1.807) is 18.1 Å². The van der Waals surface area contributed by atoms with Crippen molar-refractivity contribution in [3.05, 3.63) is 100 Å². The molecule has 1 aliphatic heterocycles. The van der Waals surface area contributed by atoms with Crippen LogP contribution < -0.4 is 10.1 Å². The summed E-state index contributed by atoms with van der Waals surface area (Å²) in [5.74, 6) is 0.341. The fourth-order valence-corrected chi connectivity index (χ4v) is 4.93. The molecule has 5 rings (SSSR count). The van der Waals surface area contributed by atoms with Crippen molar-refractivity contribution in [1.29, 1.82) is 0 Å². The molecule has 1 aliphatic rings. The minimum absolute atomic E-state index is 0.0564. The Morgan fingerprint density at radius 1 is 1.06 bits per heavy atom. The van der Waals surface area contributed by atoms with E-state index >= 15 is 0 Å². The molecular formula is C27H24ClN3O3. The first-order valence-corrected chi connectivity index (χ1v) is 11.4. The van der Waals surface area contributed by atoms with E-state index in [0.717, 1.165) is 33.3 Å². The zero-order chi connectivity index (χ0) is 23.8. The summed E-state index contributed by atoms with van der Waals surface area (Å²) >= 11 is 6.05. The molecule has 3 aromatic carbocycles. The minimum Gasteiger partial charge on any atom is -0.497 e. The molecule has 0 radical (unpaired) electrons. The predicted molar refractivity (Wildman–Crippen MR) is 132 cm³/mol. The topological polar surface area (TPSA) is 63.6 Å². The number of para-hydroxylation sites is 1. The Morgan fingerprint density at radius 2 is 1.82 bits per heavy atom. The number of ether oxygens (including phenoxy) is 1. The molecule has 0 fully saturated rings. The number of amides is 2. The number of carbonyl (C=O) groups excluding carboxylic acids is 2. The van der Waals surface area contributed by atoms with Gasteiger partial charge in [-0.15, -0.1) is 0 Å².